The number of thiophene rings is 1. The molecule has 1 aliphatic heterocycles. The van der Waals surface area contributed by atoms with E-state index in [1.54, 1.807) is 0 Å². The first-order chi connectivity index (χ1) is 29.2. The fraction of sp³-hybridized carbons (Fsp3) is 0.0189. The molecule has 0 amide bonds. The van der Waals surface area contributed by atoms with Gasteiger partial charge in [0.2, 0.25) is 0 Å². The van der Waals surface area contributed by atoms with E-state index in [4.69, 9.17) is 18.8 Å². The van der Waals surface area contributed by atoms with Crippen molar-refractivity contribution in [3.05, 3.63) is 193 Å². The van der Waals surface area contributed by atoms with Crippen molar-refractivity contribution in [2.45, 2.75) is 6.17 Å². The van der Waals surface area contributed by atoms with Gasteiger partial charge >= 0.3 is 0 Å². The molecule has 1 unspecified atom stereocenters. The van der Waals surface area contributed by atoms with Gasteiger partial charge in [0, 0.05) is 58.4 Å². The summed E-state index contributed by atoms with van der Waals surface area (Å²) in [6, 6.07) is 62.0. The topological polar surface area (TPSA) is 63.0 Å². The van der Waals surface area contributed by atoms with Crippen molar-refractivity contribution in [1.29, 1.82) is 0 Å². The molecule has 1 N–H and O–H groups in total. The van der Waals surface area contributed by atoms with E-state index < -0.39 is 0 Å². The Bertz CT molecular complexity index is 3790. The van der Waals surface area contributed by atoms with Crippen LogP contribution in [0.25, 0.3) is 96.7 Å². The molecule has 1 aliphatic rings. The van der Waals surface area contributed by atoms with Crippen LogP contribution in [0.1, 0.15) is 22.9 Å². The van der Waals surface area contributed by atoms with Crippen molar-refractivity contribution in [2.24, 2.45) is 9.98 Å². The molecular formula is C53H31N3O2S. The molecule has 1 atom stereocenters. The summed E-state index contributed by atoms with van der Waals surface area (Å²) in [4.78, 5) is 10.8. The second-order valence-corrected chi connectivity index (χ2v) is 16.4. The van der Waals surface area contributed by atoms with Gasteiger partial charge in [0.05, 0.1) is 0 Å². The third kappa shape index (κ3) is 4.97. The lowest BCUT2D eigenvalue weighted by Crippen LogP contribution is -2.33. The van der Waals surface area contributed by atoms with Crippen molar-refractivity contribution in [3.63, 3.8) is 0 Å². The van der Waals surface area contributed by atoms with Crippen LogP contribution in [0.4, 0.5) is 0 Å². The van der Waals surface area contributed by atoms with E-state index in [1.165, 1.54) is 41.7 Å². The summed E-state index contributed by atoms with van der Waals surface area (Å²) in [6.45, 7) is 0. The zero-order valence-corrected chi connectivity index (χ0v) is 32.3. The van der Waals surface area contributed by atoms with Gasteiger partial charge in [0.25, 0.3) is 0 Å². The van der Waals surface area contributed by atoms with Crippen LogP contribution >= 0.6 is 11.3 Å². The van der Waals surface area contributed by atoms with Gasteiger partial charge in [-0.15, -0.1) is 11.3 Å². The number of aliphatic imine (C=N–C) groups is 2. The number of amidine groups is 2. The molecular weight excluding hydrogens is 743 g/mol. The molecule has 0 aliphatic carbocycles. The van der Waals surface area contributed by atoms with E-state index >= 15 is 0 Å². The molecule has 9 aromatic carbocycles. The Morgan fingerprint density at radius 1 is 0.458 bits per heavy atom. The fourth-order valence-corrected chi connectivity index (χ4v) is 10.3. The minimum absolute atomic E-state index is 0.389. The van der Waals surface area contributed by atoms with Crippen LogP contribution in [0.3, 0.4) is 0 Å². The lowest BCUT2D eigenvalue weighted by atomic mass is 9.96. The Labute approximate surface area is 341 Å². The molecule has 276 valence electrons. The normalized spacial score (nSPS) is 14.6. The zero-order valence-electron chi connectivity index (χ0n) is 31.4. The van der Waals surface area contributed by atoms with Crippen molar-refractivity contribution in [3.8, 4) is 11.1 Å². The second kappa shape index (κ2) is 12.5. The SMILES string of the molecule is c1ccc2c(c1)ccc1ccc(C3=NC(c4cccc5oc6c(-c7cccc8oc9ccccc9c78)cccc6c45)=NC(c4ccc5sc6ccccc6c5c4)N3)cc12. The van der Waals surface area contributed by atoms with E-state index in [0.717, 1.165) is 77.5 Å². The van der Waals surface area contributed by atoms with Crippen molar-refractivity contribution in [1.82, 2.24) is 5.32 Å². The molecule has 3 aromatic heterocycles. The Morgan fingerprint density at radius 3 is 2.03 bits per heavy atom. The lowest BCUT2D eigenvalue weighted by molar-refractivity contribution is 0.668. The highest BCUT2D eigenvalue weighted by atomic mass is 32.1. The van der Waals surface area contributed by atoms with Crippen LogP contribution in [0.15, 0.2) is 195 Å². The highest BCUT2D eigenvalue weighted by Gasteiger charge is 2.26. The summed E-state index contributed by atoms with van der Waals surface area (Å²) in [7, 11) is 0. The highest BCUT2D eigenvalue weighted by molar-refractivity contribution is 7.25. The molecule has 0 saturated heterocycles. The van der Waals surface area contributed by atoms with Gasteiger partial charge in [-0.2, -0.15) is 0 Å². The first kappa shape index (κ1) is 32.5. The monoisotopic (exact) mass is 773 g/mol. The number of hydrogen-bond acceptors (Lipinski definition) is 6. The standard InChI is InChI=1S/C53H31N3O2S/c1-2-11-34-30(10-1)22-23-31-24-25-32(28-41(31)34)51-54-52(33-26-27-47-42(29-33)35-12-4-6-21-46(35)59-47)56-53(55-51)40-17-9-20-45-49(40)39-16-7-15-37(50(39)58-45)36-14-8-19-44-48(36)38-13-3-5-18-43(38)57-44/h1-29,52H,(H,54,55,56). The number of benzene rings is 9. The van der Waals surface area contributed by atoms with E-state index in [1.807, 2.05) is 41.7 Å². The third-order valence-corrected chi connectivity index (χ3v) is 13.1. The molecule has 13 rings (SSSR count). The van der Waals surface area contributed by atoms with Crippen LogP contribution in [-0.2, 0) is 0 Å². The van der Waals surface area contributed by atoms with E-state index in [9.17, 15) is 0 Å². The molecule has 0 saturated carbocycles. The quantitative estimate of drug-likeness (QED) is 0.181. The Hall–Kier alpha value is -7.54. The van der Waals surface area contributed by atoms with Crippen molar-refractivity contribution >= 4 is 109 Å². The molecule has 5 nitrogen and oxygen atoms in total. The van der Waals surface area contributed by atoms with Crippen LogP contribution in [0.2, 0.25) is 0 Å². The number of rotatable bonds is 4. The first-order valence-corrected chi connectivity index (χ1v) is 20.6. The zero-order chi connectivity index (χ0) is 38.6. The van der Waals surface area contributed by atoms with E-state index in [-0.39, 0.29) is 6.17 Å². The summed E-state index contributed by atoms with van der Waals surface area (Å²) in [5.74, 6) is 1.42. The largest absolute Gasteiger partial charge is 0.456 e. The first-order valence-electron chi connectivity index (χ1n) is 19.8. The number of nitrogens with zero attached hydrogens (tertiary/aromatic N) is 2. The van der Waals surface area contributed by atoms with Crippen molar-refractivity contribution in [2.75, 3.05) is 0 Å². The van der Waals surface area contributed by atoms with Crippen LogP contribution in [-0.4, -0.2) is 11.7 Å². The molecule has 59 heavy (non-hydrogen) atoms. The van der Waals surface area contributed by atoms with Gasteiger partial charge in [-0.3, -0.25) is 0 Å². The van der Waals surface area contributed by atoms with Crippen molar-refractivity contribution < 1.29 is 8.83 Å². The lowest BCUT2D eigenvalue weighted by Gasteiger charge is -2.24. The van der Waals surface area contributed by atoms with Gasteiger partial charge in [-0.1, -0.05) is 133 Å². The molecule has 0 fully saturated rings. The van der Waals surface area contributed by atoms with Crippen LogP contribution < -0.4 is 5.32 Å². The molecule has 6 heteroatoms. The Morgan fingerprint density at radius 2 is 1.12 bits per heavy atom. The molecule has 12 aromatic rings. The summed E-state index contributed by atoms with van der Waals surface area (Å²) in [5.41, 5.74) is 8.39. The average molecular weight is 774 g/mol. The van der Waals surface area contributed by atoms with Crippen LogP contribution in [0.5, 0.6) is 0 Å². The summed E-state index contributed by atoms with van der Waals surface area (Å²) >= 11 is 1.82. The van der Waals surface area contributed by atoms with E-state index in [0.29, 0.717) is 5.84 Å². The predicted molar refractivity (Wildman–Crippen MR) is 246 cm³/mol. The minimum atomic E-state index is -0.389. The molecule has 0 radical (unpaired) electrons. The number of hydrogen-bond donors (Lipinski definition) is 1. The fourth-order valence-electron chi connectivity index (χ4n) is 9.20. The Kier molecular flexibility index (Phi) is 6.88. The maximum absolute atomic E-state index is 6.85. The van der Waals surface area contributed by atoms with Gasteiger partial charge in [0.15, 0.2) is 5.84 Å². The average Bonchev–Trinajstić information content (AvgIpc) is 4.00. The number of para-hydroxylation sites is 2. The smallest absolute Gasteiger partial charge is 0.160 e. The Balaban J connectivity index is 1.02. The maximum Gasteiger partial charge on any atom is 0.160 e. The van der Waals surface area contributed by atoms with Gasteiger partial charge in [-0.05, 0) is 75.1 Å². The van der Waals surface area contributed by atoms with Crippen LogP contribution in [0, 0.1) is 0 Å². The minimum Gasteiger partial charge on any atom is -0.456 e. The number of furan rings is 2. The van der Waals surface area contributed by atoms with E-state index in [2.05, 4.69) is 151 Å². The molecule has 0 bridgehead atoms. The second-order valence-electron chi connectivity index (χ2n) is 15.3. The molecule has 0 spiro atoms. The third-order valence-electron chi connectivity index (χ3n) is 11.9. The molecule has 4 heterocycles. The predicted octanol–water partition coefficient (Wildman–Crippen LogP) is 14.3. The summed E-state index contributed by atoms with van der Waals surface area (Å²) in [5, 5.41) is 15.2. The number of fused-ring (bicyclic) bond motifs is 12. The van der Waals surface area contributed by atoms with Gasteiger partial charge in [-0.25, -0.2) is 9.98 Å². The summed E-state index contributed by atoms with van der Waals surface area (Å²) < 4.78 is 15.7. The summed E-state index contributed by atoms with van der Waals surface area (Å²) in [6.07, 6.45) is -0.389. The van der Waals surface area contributed by atoms with Gasteiger partial charge in [0.1, 0.15) is 34.3 Å². The van der Waals surface area contributed by atoms with Gasteiger partial charge < -0.3 is 14.2 Å². The highest BCUT2D eigenvalue weighted by Crippen LogP contribution is 2.43. The number of nitrogens with one attached hydrogen (secondary N) is 1. The maximum atomic E-state index is 6.85.